The van der Waals surface area contributed by atoms with Crippen LogP contribution >= 0.6 is 0 Å². The molecule has 34 heavy (non-hydrogen) atoms. The van der Waals surface area contributed by atoms with Gasteiger partial charge in [-0.05, 0) is 43.4 Å². The van der Waals surface area contributed by atoms with Crippen molar-refractivity contribution in [2.24, 2.45) is 11.1 Å². The summed E-state index contributed by atoms with van der Waals surface area (Å²) >= 11 is 0. The van der Waals surface area contributed by atoms with Crippen molar-refractivity contribution < 1.29 is 38.1 Å². The van der Waals surface area contributed by atoms with Gasteiger partial charge in [0, 0.05) is 12.8 Å². The summed E-state index contributed by atoms with van der Waals surface area (Å²) in [7, 11) is 0. The summed E-state index contributed by atoms with van der Waals surface area (Å²) in [4.78, 5) is 47.9. The Labute approximate surface area is 201 Å². The van der Waals surface area contributed by atoms with Gasteiger partial charge in [0.1, 0.15) is 18.2 Å². The van der Waals surface area contributed by atoms with E-state index < -0.39 is 36.2 Å². The van der Waals surface area contributed by atoms with Gasteiger partial charge in [0.2, 0.25) is 0 Å². The monoisotopic (exact) mass is 479 g/mol. The van der Waals surface area contributed by atoms with Crippen LogP contribution in [-0.4, -0.2) is 42.1 Å². The molecule has 0 aliphatic carbocycles. The van der Waals surface area contributed by atoms with Gasteiger partial charge in [-0.25, -0.2) is 0 Å². The van der Waals surface area contributed by atoms with Crippen LogP contribution in [0.25, 0.3) is 0 Å². The number of ether oxygens (including phenoxy) is 4. The normalized spacial score (nSPS) is 13.9. The van der Waals surface area contributed by atoms with Crippen LogP contribution in [0, 0.1) is 5.41 Å². The fraction of sp³-hybridized carbons (Fsp3) is 0.600. The van der Waals surface area contributed by atoms with Crippen molar-refractivity contribution in [3.63, 3.8) is 0 Å². The SMILES string of the molecule is CCC(=O)Oc1ccc(C[C@H](N)C(=O)O[C@@H](C)[C@H](C)OC(=O)CC(C)(C)C)cc1OC(=O)CC. The third-order valence-corrected chi connectivity index (χ3v) is 4.75. The highest BCUT2D eigenvalue weighted by Gasteiger charge is 2.26. The van der Waals surface area contributed by atoms with Crippen molar-refractivity contribution in [2.45, 2.75) is 92.4 Å². The van der Waals surface area contributed by atoms with Crippen molar-refractivity contribution in [2.75, 3.05) is 0 Å². The van der Waals surface area contributed by atoms with Gasteiger partial charge in [-0.2, -0.15) is 0 Å². The maximum atomic E-state index is 12.5. The van der Waals surface area contributed by atoms with E-state index in [2.05, 4.69) is 0 Å². The molecule has 190 valence electrons. The molecule has 1 rings (SSSR count). The highest BCUT2D eigenvalue weighted by atomic mass is 16.6. The van der Waals surface area contributed by atoms with Gasteiger partial charge < -0.3 is 24.7 Å². The number of rotatable bonds is 11. The number of carbonyl (C=O) groups is 4. The van der Waals surface area contributed by atoms with E-state index in [0.29, 0.717) is 5.56 Å². The molecule has 0 amide bonds. The summed E-state index contributed by atoms with van der Waals surface area (Å²) in [5, 5.41) is 0. The van der Waals surface area contributed by atoms with Gasteiger partial charge in [0.25, 0.3) is 0 Å². The minimum absolute atomic E-state index is 0.0690. The van der Waals surface area contributed by atoms with Gasteiger partial charge in [-0.1, -0.05) is 40.7 Å². The summed E-state index contributed by atoms with van der Waals surface area (Å²) < 4.78 is 21.2. The van der Waals surface area contributed by atoms with Crippen molar-refractivity contribution in [3.05, 3.63) is 23.8 Å². The molecule has 0 heterocycles. The first-order valence-corrected chi connectivity index (χ1v) is 11.5. The van der Waals surface area contributed by atoms with Gasteiger partial charge in [-0.3, -0.25) is 19.2 Å². The Morgan fingerprint density at radius 1 is 0.853 bits per heavy atom. The zero-order chi connectivity index (χ0) is 26.1. The molecule has 0 saturated carbocycles. The quantitative estimate of drug-likeness (QED) is 0.374. The Morgan fingerprint density at radius 3 is 1.91 bits per heavy atom. The number of hydrogen-bond acceptors (Lipinski definition) is 9. The molecule has 0 aromatic heterocycles. The number of nitrogens with two attached hydrogens (primary N) is 1. The topological polar surface area (TPSA) is 131 Å². The lowest BCUT2D eigenvalue weighted by atomic mass is 9.92. The van der Waals surface area contributed by atoms with E-state index in [1.807, 2.05) is 20.8 Å². The van der Waals surface area contributed by atoms with Crippen LogP contribution in [0.5, 0.6) is 11.5 Å². The van der Waals surface area contributed by atoms with Crippen LogP contribution in [0.3, 0.4) is 0 Å². The average molecular weight is 480 g/mol. The second-order valence-electron chi connectivity index (χ2n) is 9.32. The standard InChI is InChI=1S/C25H37NO8/c1-8-21(27)33-19-11-10-17(13-20(19)34-22(28)9-2)12-18(26)24(30)32-16(4)15(3)31-23(29)14-25(5,6)7/h10-11,13,15-16,18H,8-9,12,14,26H2,1-7H3/t15-,16-,18-/m0/s1. The van der Waals surface area contributed by atoms with Gasteiger partial charge in [-0.15, -0.1) is 0 Å². The molecule has 3 atom stereocenters. The minimum atomic E-state index is -1.02. The Kier molecular flexibility index (Phi) is 11.2. The van der Waals surface area contributed by atoms with Crippen LogP contribution in [0.4, 0.5) is 0 Å². The predicted molar refractivity (Wildman–Crippen MR) is 125 cm³/mol. The van der Waals surface area contributed by atoms with E-state index in [-0.39, 0.29) is 48.6 Å². The van der Waals surface area contributed by atoms with E-state index in [1.54, 1.807) is 33.8 Å². The van der Waals surface area contributed by atoms with Crippen LogP contribution in [0.15, 0.2) is 18.2 Å². The second kappa shape index (κ2) is 13.1. The highest BCUT2D eigenvalue weighted by Crippen LogP contribution is 2.30. The molecule has 0 unspecified atom stereocenters. The van der Waals surface area contributed by atoms with Crippen molar-refractivity contribution >= 4 is 23.9 Å². The maximum Gasteiger partial charge on any atom is 0.323 e. The lowest BCUT2D eigenvalue weighted by molar-refractivity contribution is -0.167. The maximum absolute atomic E-state index is 12.5. The van der Waals surface area contributed by atoms with E-state index in [4.69, 9.17) is 24.7 Å². The lowest BCUT2D eigenvalue weighted by Crippen LogP contribution is -2.39. The van der Waals surface area contributed by atoms with Crippen LogP contribution in [0.2, 0.25) is 0 Å². The Hall–Kier alpha value is -2.94. The highest BCUT2D eigenvalue weighted by molar-refractivity contribution is 5.77. The van der Waals surface area contributed by atoms with E-state index in [1.165, 1.54) is 12.1 Å². The average Bonchev–Trinajstić information content (AvgIpc) is 2.73. The molecule has 0 saturated heterocycles. The van der Waals surface area contributed by atoms with E-state index >= 15 is 0 Å². The fourth-order valence-electron chi connectivity index (χ4n) is 2.71. The molecular formula is C25H37NO8. The molecule has 0 spiro atoms. The molecule has 0 radical (unpaired) electrons. The molecule has 0 aliphatic heterocycles. The van der Waals surface area contributed by atoms with Crippen molar-refractivity contribution in [1.82, 2.24) is 0 Å². The molecule has 0 fully saturated rings. The number of carbonyl (C=O) groups excluding carboxylic acids is 4. The van der Waals surface area contributed by atoms with E-state index in [0.717, 1.165) is 0 Å². The van der Waals surface area contributed by atoms with Crippen molar-refractivity contribution in [3.8, 4) is 11.5 Å². The summed E-state index contributed by atoms with van der Waals surface area (Å²) in [6.45, 7) is 12.3. The van der Waals surface area contributed by atoms with Crippen LogP contribution in [0.1, 0.15) is 73.3 Å². The summed E-state index contributed by atoms with van der Waals surface area (Å²) in [6, 6.07) is 3.59. The third-order valence-electron chi connectivity index (χ3n) is 4.75. The summed E-state index contributed by atoms with van der Waals surface area (Å²) in [6.07, 6.45) is -0.720. The van der Waals surface area contributed by atoms with Crippen molar-refractivity contribution in [1.29, 1.82) is 0 Å². The zero-order valence-electron chi connectivity index (χ0n) is 21.1. The Bertz CT molecular complexity index is 874. The Morgan fingerprint density at radius 2 is 1.38 bits per heavy atom. The second-order valence-corrected chi connectivity index (χ2v) is 9.32. The van der Waals surface area contributed by atoms with Gasteiger partial charge in [0.05, 0.1) is 6.42 Å². The number of hydrogen-bond donors (Lipinski definition) is 1. The molecule has 0 aliphatic rings. The molecule has 9 nitrogen and oxygen atoms in total. The van der Waals surface area contributed by atoms with E-state index in [9.17, 15) is 19.2 Å². The molecule has 0 bridgehead atoms. The first-order valence-electron chi connectivity index (χ1n) is 11.5. The Balaban J connectivity index is 2.81. The van der Waals surface area contributed by atoms with Gasteiger partial charge >= 0.3 is 23.9 Å². The minimum Gasteiger partial charge on any atom is -0.459 e. The molecule has 1 aromatic carbocycles. The van der Waals surface area contributed by atoms with Gasteiger partial charge in [0.15, 0.2) is 11.5 Å². The number of benzene rings is 1. The molecule has 1 aromatic rings. The summed E-state index contributed by atoms with van der Waals surface area (Å²) in [5.41, 5.74) is 6.39. The molecular weight excluding hydrogens is 442 g/mol. The van der Waals surface area contributed by atoms with Crippen LogP contribution in [-0.2, 0) is 35.1 Å². The first kappa shape index (κ1) is 29.1. The third kappa shape index (κ3) is 10.3. The summed E-state index contributed by atoms with van der Waals surface area (Å²) in [5.74, 6) is -1.84. The number of esters is 4. The largest absolute Gasteiger partial charge is 0.459 e. The molecule has 9 heteroatoms. The predicted octanol–water partition coefficient (Wildman–Crippen LogP) is 3.49. The molecule has 2 N–H and O–H groups in total. The van der Waals surface area contributed by atoms with Crippen LogP contribution < -0.4 is 15.2 Å². The zero-order valence-corrected chi connectivity index (χ0v) is 21.1. The first-order chi connectivity index (χ1) is 15.7. The lowest BCUT2D eigenvalue weighted by Gasteiger charge is -2.24. The fourth-order valence-corrected chi connectivity index (χ4v) is 2.71. The smallest absolute Gasteiger partial charge is 0.323 e.